The highest BCUT2D eigenvalue weighted by Crippen LogP contribution is 2.16. The summed E-state index contributed by atoms with van der Waals surface area (Å²) < 4.78 is 31.0. The van der Waals surface area contributed by atoms with Gasteiger partial charge in [0.15, 0.2) is 0 Å². The van der Waals surface area contributed by atoms with Gasteiger partial charge in [-0.3, -0.25) is 0 Å². The minimum atomic E-state index is -3.08. The van der Waals surface area contributed by atoms with Gasteiger partial charge in [-0.2, -0.15) is 0 Å². The molecular weight excluding hydrogens is 252 g/mol. The van der Waals surface area contributed by atoms with Crippen LogP contribution in [0.2, 0.25) is 0 Å². The molecule has 6 heteroatoms. The van der Waals surface area contributed by atoms with Gasteiger partial charge in [0.1, 0.15) is 0 Å². The topological polar surface area (TPSA) is 58.6 Å². The molecule has 0 amide bonds. The Morgan fingerprint density at radius 2 is 1.94 bits per heavy atom. The van der Waals surface area contributed by atoms with Crippen LogP contribution in [0.15, 0.2) is 0 Å². The Hall–Kier alpha value is -0.170. The minimum absolute atomic E-state index is 0.221. The number of rotatable bonds is 7. The minimum Gasteiger partial charge on any atom is -0.381 e. The van der Waals surface area contributed by atoms with Gasteiger partial charge in [0.25, 0.3) is 0 Å². The van der Waals surface area contributed by atoms with Gasteiger partial charge in [0.2, 0.25) is 10.0 Å². The third kappa shape index (κ3) is 5.22. The highest BCUT2D eigenvalue weighted by atomic mass is 32.2. The van der Waals surface area contributed by atoms with Crippen molar-refractivity contribution >= 4 is 10.0 Å². The number of nitrogens with one attached hydrogen (secondary N) is 1. The molecule has 1 saturated heterocycles. The van der Waals surface area contributed by atoms with Gasteiger partial charge in [0, 0.05) is 26.2 Å². The summed E-state index contributed by atoms with van der Waals surface area (Å²) >= 11 is 0. The molecule has 1 N–H and O–H groups in total. The van der Waals surface area contributed by atoms with Gasteiger partial charge in [-0.25, -0.2) is 12.7 Å². The Morgan fingerprint density at radius 3 is 2.44 bits per heavy atom. The lowest BCUT2D eigenvalue weighted by molar-refractivity contribution is 0.0604. The SMILES string of the molecule is COC1CCN(S(=O)(=O)CCCNC(C)C)CC1. The van der Waals surface area contributed by atoms with Crippen molar-refractivity contribution in [3.63, 3.8) is 0 Å². The van der Waals surface area contributed by atoms with Crippen molar-refractivity contribution in [3.8, 4) is 0 Å². The molecule has 0 aromatic rings. The Balaban J connectivity index is 2.31. The van der Waals surface area contributed by atoms with E-state index in [2.05, 4.69) is 19.2 Å². The molecule has 108 valence electrons. The summed E-state index contributed by atoms with van der Waals surface area (Å²) in [5.74, 6) is 0.240. The molecule has 1 rings (SSSR count). The maximum absolute atomic E-state index is 12.1. The molecule has 0 saturated carbocycles. The zero-order valence-electron chi connectivity index (χ0n) is 11.7. The summed E-state index contributed by atoms with van der Waals surface area (Å²) in [6.45, 7) is 6.07. The van der Waals surface area contributed by atoms with Crippen molar-refractivity contribution in [2.24, 2.45) is 0 Å². The first kappa shape index (κ1) is 15.9. The predicted molar refractivity (Wildman–Crippen MR) is 73.1 cm³/mol. The predicted octanol–water partition coefficient (Wildman–Crippen LogP) is 0.815. The fourth-order valence-corrected chi connectivity index (χ4v) is 3.65. The van der Waals surface area contributed by atoms with Gasteiger partial charge in [-0.1, -0.05) is 13.8 Å². The molecule has 0 aromatic heterocycles. The number of nitrogens with zero attached hydrogens (tertiary/aromatic N) is 1. The zero-order chi connectivity index (χ0) is 13.6. The molecule has 18 heavy (non-hydrogen) atoms. The Kier molecular flexibility index (Phi) is 6.55. The van der Waals surface area contributed by atoms with Gasteiger partial charge >= 0.3 is 0 Å². The first-order valence-corrected chi connectivity index (χ1v) is 8.30. The van der Waals surface area contributed by atoms with Crippen LogP contribution in [-0.2, 0) is 14.8 Å². The van der Waals surface area contributed by atoms with Crippen LogP contribution in [0.3, 0.4) is 0 Å². The zero-order valence-corrected chi connectivity index (χ0v) is 12.5. The van der Waals surface area contributed by atoms with Gasteiger partial charge in [-0.15, -0.1) is 0 Å². The summed E-state index contributed by atoms with van der Waals surface area (Å²) in [7, 11) is -1.39. The van der Waals surface area contributed by atoms with E-state index < -0.39 is 10.0 Å². The van der Waals surface area contributed by atoms with Crippen LogP contribution in [0.4, 0.5) is 0 Å². The van der Waals surface area contributed by atoms with Crippen molar-refractivity contribution < 1.29 is 13.2 Å². The number of hydrogen-bond acceptors (Lipinski definition) is 4. The van der Waals surface area contributed by atoms with E-state index in [1.165, 1.54) is 0 Å². The number of sulfonamides is 1. The van der Waals surface area contributed by atoms with E-state index in [1.54, 1.807) is 11.4 Å². The molecule has 5 nitrogen and oxygen atoms in total. The Labute approximate surface area is 111 Å². The van der Waals surface area contributed by atoms with Crippen LogP contribution in [0, 0.1) is 0 Å². The third-order valence-electron chi connectivity index (χ3n) is 3.26. The van der Waals surface area contributed by atoms with E-state index in [-0.39, 0.29) is 11.9 Å². The standard InChI is InChI=1S/C12H26N2O3S/c1-11(2)13-7-4-10-18(15,16)14-8-5-12(17-3)6-9-14/h11-13H,4-10H2,1-3H3. The van der Waals surface area contributed by atoms with Crippen molar-refractivity contribution in [2.75, 3.05) is 32.5 Å². The van der Waals surface area contributed by atoms with Crippen molar-refractivity contribution in [1.29, 1.82) is 0 Å². The second-order valence-electron chi connectivity index (χ2n) is 5.11. The second kappa shape index (κ2) is 7.43. The third-order valence-corrected chi connectivity index (χ3v) is 5.22. The van der Waals surface area contributed by atoms with E-state index in [9.17, 15) is 8.42 Å². The van der Waals surface area contributed by atoms with Crippen LogP contribution in [0.25, 0.3) is 0 Å². The van der Waals surface area contributed by atoms with Gasteiger partial charge in [0.05, 0.1) is 11.9 Å². The normalized spacial score (nSPS) is 19.6. The number of methoxy groups -OCH3 is 1. The molecule has 0 unspecified atom stereocenters. The summed E-state index contributed by atoms with van der Waals surface area (Å²) in [6, 6.07) is 0.408. The average Bonchev–Trinajstić information content (AvgIpc) is 2.34. The van der Waals surface area contributed by atoms with E-state index in [1.807, 2.05) is 0 Å². The molecule has 1 heterocycles. The monoisotopic (exact) mass is 278 g/mol. The van der Waals surface area contributed by atoms with Crippen molar-refractivity contribution in [1.82, 2.24) is 9.62 Å². The smallest absolute Gasteiger partial charge is 0.214 e. The van der Waals surface area contributed by atoms with E-state index in [0.717, 1.165) is 19.4 Å². The molecule has 1 aliphatic rings. The fraction of sp³-hybridized carbons (Fsp3) is 1.00. The molecule has 0 atom stereocenters. The molecule has 1 aliphatic heterocycles. The van der Waals surface area contributed by atoms with Crippen molar-refractivity contribution in [3.05, 3.63) is 0 Å². The van der Waals surface area contributed by atoms with Crippen molar-refractivity contribution in [2.45, 2.75) is 45.3 Å². The lowest BCUT2D eigenvalue weighted by Crippen LogP contribution is -2.42. The molecule has 0 bridgehead atoms. The highest BCUT2D eigenvalue weighted by Gasteiger charge is 2.27. The largest absolute Gasteiger partial charge is 0.381 e. The Morgan fingerprint density at radius 1 is 1.33 bits per heavy atom. The highest BCUT2D eigenvalue weighted by molar-refractivity contribution is 7.89. The summed E-state index contributed by atoms with van der Waals surface area (Å²) in [5, 5.41) is 3.23. The lowest BCUT2D eigenvalue weighted by Gasteiger charge is -2.30. The molecule has 0 spiro atoms. The fourth-order valence-electron chi connectivity index (χ4n) is 2.12. The van der Waals surface area contributed by atoms with E-state index in [4.69, 9.17) is 4.74 Å². The van der Waals surface area contributed by atoms with Crippen LogP contribution in [0.5, 0.6) is 0 Å². The summed E-state index contributed by atoms with van der Waals surface area (Å²) in [5.41, 5.74) is 0. The van der Waals surface area contributed by atoms with Gasteiger partial charge in [-0.05, 0) is 25.8 Å². The van der Waals surface area contributed by atoms with Crippen LogP contribution in [-0.4, -0.2) is 57.4 Å². The lowest BCUT2D eigenvalue weighted by atomic mass is 10.1. The second-order valence-corrected chi connectivity index (χ2v) is 7.20. The van der Waals surface area contributed by atoms with E-state index in [0.29, 0.717) is 25.6 Å². The molecule has 0 radical (unpaired) electrons. The first-order chi connectivity index (χ1) is 8.45. The van der Waals surface area contributed by atoms with Crippen LogP contribution >= 0.6 is 0 Å². The van der Waals surface area contributed by atoms with Crippen LogP contribution < -0.4 is 5.32 Å². The molecule has 1 fully saturated rings. The van der Waals surface area contributed by atoms with Gasteiger partial charge < -0.3 is 10.1 Å². The number of hydrogen-bond donors (Lipinski definition) is 1. The number of ether oxygens (including phenoxy) is 1. The maximum atomic E-state index is 12.1. The average molecular weight is 278 g/mol. The van der Waals surface area contributed by atoms with Crippen LogP contribution in [0.1, 0.15) is 33.1 Å². The summed E-state index contributed by atoms with van der Waals surface area (Å²) in [6.07, 6.45) is 2.50. The van der Waals surface area contributed by atoms with E-state index >= 15 is 0 Å². The molecule has 0 aliphatic carbocycles. The number of piperidine rings is 1. The molecular formula is C12H26N2O3S. The summed E-state index contributed by atoms with van der Waals surface area (Å²) in [4.78, 5) is 0. The Bertz CT molecular complexity index is 322. The molecule has 0 aromatic carbocycles. The quantitative estimate of drug-likeness (QED) is 0.700. The maximum Gasteiger partial charge on any atom is 0.214 e. The first-order valence-electron chi connectivity index (χ1n) is 6.69.